The number of aliphatic hydroxyl groups excluding tert-OH is 2. The van der Waals surface area contributed by atoms with Crippen LogP contribution in [-0.2, 0) is 4.74 Å². The Balaban J connectivity index is 3.52. The predicted octanol–water partition coefficient (Wildman–Crippen LogP) is 0.792. The third-order valence-electron chi connectivity index (χ3n) is 1.94. The van der Waals surface area contributed by atoms with Crippen molar-refractivity contribution in [2.45, 2.75) is 32.8 Å². The van der Waals surface area contributed by atoms with Gasteiger partial charge in [-0.3, -0.25) is 0 Å². The van der Waals surface area contributed by atoms with Gasteiger partial charge in [0.1, 0.15) is 0 Å². The molecule has 12 heavy (non-hydrogen) atoms. The fourth-order valence-electron chi connectivity index (χ4n) is 1.03. The predicted molar refractivity (Wildman–Crippen MR) is 48.0 cm³/mol. The summed E-state index contributed by atoms with van der Waals surface area (Å²) in [6.45, 7) is 5.14. The highest BCUT2D eigenvalue weighted by Crippen LogP contribution is 2.08. The first-order chi connectivity index (χ1) is 5.76. The van der Waals surface area contributed by atoms with E-state index in [2.05, 4.69) is 0 Å². The monoisotopic (exact) mass is 176 g/mol. The lowest BCUT2D eigenvalue weighted by Gasteiger charge is -2.19. The summed E-state index contributed by atoms with van der Waals surface area (Å²) >= 11 is 0. The van der Waals surface area contributed by atoms with Gasteiger partial charge >= 0.3 is 0 Å². The Kier molecular flexibility index (Phi) is 7.45. The van der Waals surface area contributed by atoms with Crippen LogP contribution in [-0.4, -0.2) is 36.1 Å². The molecule has 0 fully saturated rings. The Morgan fingerprint density at radius 2 is 2.00 bits per heavy atom. The van der Waals surface area contributed by atoms with Crippen molar-refractivity contribution in [1.29, 1.82) is 0 Å². The van der Waals surface area contributed by atoms with Crippen LogP contribution in [0.2, 0.25) is 0 Å². The average molecular weight is 176 g/mol. The van der Waals surface area contributed by atoms with Crippen molar-refractivity contribution in [3.05, 3.63) is 0 Å². The number of hydrogen-bond acceptors (Lipinski definition) is 3. The van der Waals surface area contributed by atoms with Gasteiger partial charge in [0.15, 0.2) is 0 Å². The maximum atomic E-state index is 9.29. The van der Waals surface area contributed by atoms with E-state index in [1.807, 2.05) is 13.8 Å². The van der Waals surface area contributed by atoms with Gasteiger partial charge in [0, 0.05) is 12.5 Å². The Morgan fingerprint density at radius 1 is 1.33 bits per heavy atom. The van der Waals surface area contributed by atoms with Crippen LogP contribution in [0.25, 0.3) is 0 Å². The summed E-state index contributed by atoms with van der Waals surface area (Å²) in [6.07, 6.45) is 1.20. The van der Waals surface area contributed by atoms with Crippen LogP contribution in [0.5, 0.6) is 0 Å². The summed E-state index contributed by atoms with van der Waals surface area (Å²) in [7, 11) is 0. The Hall–Kier alpha value is -0.120. The number of hydrogen-bond donors (Lipinski definition) is 2. The van der Waals surface area contributed by atoms with Gasteiger partial charge < -0.3 is 14.9 Å². The summed E-state index contributed by atoms with van der Waals surface area (Å²) in [5.41, 5.74) is 0. The van der Waals surface area contributed by atoms with E-state index in [-0.39, 0.29) is 12.5 Å². The second kappa shape index (κ2) is 7.53. The molecule has 2 unspecified atom stereocenters. The SMILES string of the molecule is CCCOCC(CC)C(O)CO. The summed E-state index contributed by atoms with van der Waals surface area (Å²) in [4.78, 5) is 0. The van der Waals surface area contributed by atoms with Gasteiger partial charge in [-0.05, 0) is 12.8 Å². The largest absolute Gasteiger partial charge is 0.394 e. The van der Waals surface area contributed by atoms with E-state index < -0.39 is 6.10 Å². The minimum atomic E-state index is -0.633. The van der Waals surface area contributed by atoms with Crippen molar-refractivity contribution in [2.24, 2.45) is 5.92 Å². The zero-order valence-electron chi connectivity index (χ0n) is 7.99. The fraction of sp³-hybridized carbons (Fsp3) is 1.00. The van der Waals surface area contributed by atoms with Crippen molar-refractivity contribution >= 4 is 0 Å². The van der Waals surface area contributed by atoms with Gasteiger partial charge in [0.2, 0.25) is 0 Å². The summed E-state index contributed by atoms with van der Waals surface area (Å²) < 4.78 is 5.29. The highest BCUT2D eigenvalue weighted by Gasteiger charge is 2.15. The molecule has 0 aliphatic carbocycles. The van der Waals surface area contributed by atoms with E-state index >= 15 is 0 Å². The highest BCUT2D eigenvalue weighted by molar-refractivity contribution is 4.65. The zero-order valence-corrected chi connectivity index (χ0v) is 7.99. The van der Waals surface area contributed by atoms with Crippen LogP contribution in [0.1, 0.15) is 26.7 Å². The van der Waals surface area contributed by atoms with Crippen LogP contribution in [0.3, 0.4) is 0 Å². The molecule has 0 spiro atoms. The molecule has 0 aromatic rings. The van der Waals surface area contributed by atoms with Crippen LogP contribution in [0.4, 0.5) is 0 Å². The van der Waals surface area contributed by atoms with E-state index in [0.29, 0.717) is 6.61 Å². The summed E-state index contributed by atoms with van der Waals surface area (Å²) in [6, 6.07) is 0. The lowest BCUT2D eigenvalue weighted by molar-refractivity contribution is -0.00209. The van der Waals surface area contributed by atoms with Crippen molar-refractivity contribution in [3.8, 4) is 0 Å². The van der Waals surface area contributed by atoms with Crippen molar-refractivity contribution < 1.29 is 14.9 Å². The molecule has 0 rings (SSSR count). The molecule has 2 N–H and O–H groups in total. The Labute approximate surface area is 74.4 Å². The number of ether oxygens (including phenoxy) is 1. The number of aliphatic hydroxyl groups is 2. The first kappa shape index (κ1) is 11.9. The average Bonchev–Trinajstić information content (AvgIpc) is 2.11. The van der Waals surface area contributed by atoms with E-state index in [9.17, 15) is 5.11 Å². The quantitative estimate of drug-likeness (QED) is 0.564. The Morgan fingerprint density at radius 3 is 2.42 bits per heavy atom. The first-order valence-corrected chi connectivity index (χ1v) is 4.62. The van der Waals surface area contributed by atoms with Crippen LogP contribution < -0.4 is 0 Å². The topological polar surface area (TPSA) is 49.7 Å². The molecule has 0 heterocycles. The van der Waals surface area contributed by atoms with Crippen LogP contribution >= 0.6 is 0 Å². The third-order valence-corrected chi connectivity index (χ3v) is 1.94. The molecule has 0 aromatic carbocycles. The summed E-state index contributed by atoms with van der Waals surface area (Å²) in [5.74, 6) is 0.0709. The molecule has 0 radical (unpaired) electrons. The molecule has 2 atom stereocenters. The lowest BCUT2D eigenvalue weighted by Crippen LogP contribution is -2.27. The van der Waals surface area contributed by atoms with Crippen LogP contribution in [0, 0.1) is 5.92 Å². The van der Waals surface area contributed by atoms with Crippen molar-refractivity contribution in [2.75, 3.05) is 19.8 Å². The number of rotatable bonds is 7. The van der Waals surface area contributed by atoms with Gasteiger partial charge in [-0.1, -0.05) is 13.8 Å². The maximum Gasteiger partial charge on any atom is 0.0820 e. The molecule has 0 amide bonds. The molecule has 0 aromatic heterocycles. The molecular weight excluding hydrogens is 156 g/mol. The molecule has 0 aliphatic heterocycles. The van der Waals surface area contributed by atoms with Gasteiger partial charge in [-0.25, -0.2) is 0 Å². The molecule has 0 aliphatic rings. The van der Waals surface area contributed by atoms with Crippen molar-refractivity contribution in [3.63, 3.8) is 0 Å². The molecule has 3 nitrogen and oxygen atoms in total. The molecule has 0 saturated carbocycles. The molecule has 0 bridgehead atoms. The highest BCUT2D eigenvalue weighted by atomic mass is 16.5. The zero-order chi connectivity index (χ0) is 9.40. The summed E-state index contributed by atoms with van der Waals surface area (Å²) in [5, 5.41) is 18.0. The fourth-order valence-corrected chi connectivity index (χ4v) is 1.03. The van der Waals surface area contributed by atoms with Gasteiger partial charge in [0.25, 0.3) is 0 Å². The van der Waals surface area contributed by atoms with E-state index in [1.54, 1.807) is 0 Å². The van der Waals surface area contributed by atoms with Gasteiger partial charge in [-0.2, -0.15) is 0 Å². The standard InChI is InChI=1S/C9H20O3/c1-3-5-12-7-8(4-2)9(11)6-10/h8-11H,3-7H2,1-2H3. The molecule has 74 valence electrons. The normalized spacial score (nSPS) is 16.0. The maximum absolute atomic E-state index is 9.29. The molecule has 3 heteroatoms. The first-order valence-electron chi connectivity index (χ1n) is 4.62. The van der Waals surface area contributed by atoms with Gasteiger partial charge in [-0.15, -0.1) is 0 Å². The van der Waals surface area contributed by atoms with E-state index in [0.717, 1.165) is 19.4 Å². The van der Waals surface area contributed by atoms with Crippen LogP contribution in [0.15, 0.2) is 0 Å². The molecular formula is C9H20O3. The minimum Gasteiger partial charge on any atom is -0.394 e. The second-order valence-electron chi connectivity index (χ2n) is 2.99. The second-order valence-corrected chi connectivity index (χ2v) is 2.99. The molecule has 0 saturated heterocycles. The minimum absolute atomic E-state index is 0.0709. The van der Waals surface area contributed by atoms with E-state index in [4.69, 9.17) is 9.84 Å². The van der Waals surface area contributed by atoms with E-state index in [1.165, 1.54) is 0 Å². The van der Waals surface area contributed by atoms with Gasteiger partial charge in [0.05, 0.1) is 19.3 Å². The Bertz CT molecular complexity index is 95.8. The third kappa shape index (κ3) is 4.70. The van der Waals surface area contributed by atoms with Crippen molar-refractivity contribution in [1.82, 2.24) is 0 Å². The lowest BCUT2D eigenvalue weighted by atomic mass is 10.0. The smallest absolute Gasteiger partial charge is 0.0820 e.